The summed E-state index contributed by atoms with van der Waals surface area (Å²) in [6, 6.07) is 0. The van der Waals surface area contributed by atoms with Crippen molar-refractivity contribution in [1.29, 1.82) is 0 Å². The van der Waals surface area contributed by atoms with Crippen LogP contribution in [0.3, 0.4) is 0 Å². The summed E-state index contributed by atoms with van der Waals surface area (Å²) in [5, 5.41) is 14.8. The molecule has 1 aromatic heterocycles. The maximum absolute atomic E-state index is 10.5. The molecule has 0 radical (unpaired) electrons. The Kier molecular flexibility index (Phi) is 1.96. The van der Waals surface area contributed by atoms with E-state index in [4.69, 9.17) is 5.14 Å². The number of nitro groups is 1. The van der Waals surface area contributed by atoms with Crippen molar-refractivity contribution in [2.75, 3.05) is 0 Å². The lowest BCUT2D eigenvalue weighted by molar-refractivity contribution is -0.389. The zero-order valence-corrected chi connectivity index (χ0v) is 6.00. The molecule has 1 aromatic rings. The van der Waals surface area contributed by atoms with E-state index >= 15 is 0 Å². The molecular formula is C3H4N4O3S. The van der Waals surface area contributed by atoms with Crippen molar-refractivity contribution in [1.82, 2.24) is 9.97 Å². The average molecular weight is 176 g/mol. The summed E-state index contributed by atoms with van der Waals surface area (Å²) in [5.41, 5.74) is 0. The first kappa shape index (κ1) is 7.82. The quantitative estimate of drug-likeness (QED) is 0.457. The largest absolute Gasteiger partial charge is 0.358 e. The molecule has 0 aliphatic heterocycles. The number of aromatic amines is 1. The average Bonchev–Trinajstić information content (AvgIpc) is 2.33. The number of aromatic nitrogens is 2. The van der Waals surface area contributed by atoms with Gasteiger partial charge in [-0.2, -0.15) is 4.98 Å². The van der Waals surface area contributed by atoms with E-state index in [1.165, 1.54) is 0 Å². The molecule has 1 unspecified atom stereocenters. The molecule has 0 spiro atoms. The fraction of sp³-hybridized carbons (Fsp3) is 0. The Morgan fingerprint density at radius 3 is 2.73 bits per heavy atom. The molecule has 0 amide bonds. The van der Waals surface area contributed by atoms with E-state index in [1.807, 2.05) is 0 Å². The van der Waals surface area contributed by atoms with E-state index in [2.05, 4.69) is 9.97 Å². The Hall–Kier alpha value is -1.28. The van der Waals surface area contributed by atoms with Gasteiger partial charge in [0.15, 0.2) is 11.0 Å². The fourth-order valence-electron chi connectivity index (χ4n) is 0.489. The number of rotatable bonds is 2. The summed E-state index contributed by atoms with van der Waals surface area (Å²) in [7, 11) is -1.80. The van der Waals surface area contributed by atoms with Gasteiger partial charge >= 0.3 is 11.0 Å². The maximum atomic E-state index is 10.5. The topological polar surface area (TPSA) is 115 Å². The molecule has 1 atom stereocenters. The molecule has 0 saturated carbocycles. The summed E-state index contributed by atoms with van der Waals surface area (Å²) in [6.07, 6.45) is 0.958. The van der Waals surface area contributed by atoms with Crippen LogP contribution in [0.1, 0.15) is 0 Å². The first-order chi connectivity index (χ1) is 5.11. The lowest BCUT2D eigenvalue weighted by atomic mass is 10.8. The molecule has 0 aliphatic carbocycles. The molecule has 0 bridgehead atoms. The van der Waals surface area contributed by atoms with Gasteiger partial charge in [-0.05, 0) is 4.92 Å². The first-order valence-electron chi connectivity index (χ1n) is 2.47. The summed E-state index contributed by atoms with van der Waals surface area (Å²) >= 11 is 0. The molecular weight excluding hydrogens is 172 g/mol. The van der Waals surface area contributed by atoms with Crippen molar-refractivity contribution in [2.45, 2.75) is 5.16 Å². The molecule has 1 heterocycles. The zero-order chi connectivity index (χ0) is 8.43. The number of hydrogen-bond donors (Lipinski definition) is 2. The normalized spacial score (nSPS) is 12.8. The highest BCUT2D eigenvalue weighted by Gasteiger charge is 2.12. The molecule has 7 nitrogen and oxygen atoms in total. The Labute approximate surface area is 63.4 Å². The molecule has 11 heavy (non-hydrogen) atoms. The number of nitrogens with two attached hydrogens (primary N) is 1. The predicted molar refractivity (Wildman–Crippen MR) is 35.8 cm³/mol. The van der Waals surface area contributed by atoms with Crippen molar-refractivity contribution in [3.8, 4) is 0 Å². The summed E-state index contributed by atoms with van der Waals surface area (Å²) in [5.74, 6) is -0.321. The van der Waals surface area contributed by atoms with Crippen molar-refractivity contribution in [2.24, 2.45) is 5.14 Å². The lowest BCUT2D eigenvalue weighted by Crippen LogP contribution is -2.04. The zero-order valence-electron chi connectivity index (χ0n) is 5.18. The van der Waals surface area contributed by atoms with Gasteiger partial charge in [0.2, 0.25) is 0 Å². The minimum atomic E-state index is -1.80. The van der Waals surface area contributed by atoms with E-state index in [1.54, 1.807) is 0 Å². The Morgan fingerprint density at radius 2 is 2.45 bits per heavy atom. The van der Waals surface area contributed by atoms with Crippen LogP contribution in [-0.2, 0) is 11.0 Å². The van der Waals surface area contributed by atoms with E-state index in [-0.39, 0.29) is 11.0 Å². The van der Waals surface area contributed by atoms with Crippen molar-refractivity contribution in [3.05, 3.63) is 16.3 Å². The molecule has 8 heteroatoms. The van der Waals surface area contributed by atoms with Crippen molar-refractivity contribution >= 4 is 16.8 Å². The van der Waals surface area contributed by atoms with Gasteiger partial charge in [0, 0.05) is 0 Å². The number of nitrogens with one attached hydrogen (secondary N) is 1. The third-order valence-electron chi connectivity index (χ3n) is 0.926. The van der Waals surface area contributed by atoms with Crippen LogP contribution >= 0.6 is 0 Å². The van der Waals surface area contributed by atoms with Crippen LogP contribution in [0.25, 0.3) is 0 Å². The Balaban J connectivity index is 2.99. The van der Waals surface area contributed by atoms with Gasteiger partial charge in [0.25, 0.3) is 0 Å². The van der Waals surface area contributed by atoms with Crippen LogP contribution < -0.4 is 5.14 Å². The van der Waals surface area contributed by atoms with Crippen LogP contribution in [-0.4, -0.2) is 19.1 Å². The van der Waals surface area contributed by atoms with Crippen LogP contribution in [0.15, 0.2) is 11.4 Å². The molecule has 0 aromatic carbocycles. The van der Waals surface area contributed by atoms with Crippen LogP contribution in [0.5, 0.6) is 0 Å². The molecule has 0 aliphatic rings. The van der Waals surface area contributed by atoms with Gasteiger partial charge in [-0.15, -0.1) is 0 Å². The minimum absolute atomic E-state index is 0.100. The number of nitrogens with zero attached hydrogens (tertiary/aromatic N) is 2. The molecule has 1 rings (SSSR count). The smallest absolute Gasteiger partial charge is 0.341 e. The van der Waals surface area contributed by atoms with E-state index in [9.17, 15) is 14.3 Å². The Bertz CT molecular complexity index is 279. The second-order valence-electron chi connectivity index (χ2n) is 1.63. The van der Waals surface area contributed by atoms with Crippen LogP contribution in [0, 0.1) is 10.1 Å². The van der Waals surface area contributed by atoms with Gasteiger partial charge in [-0.25, -0.2) is 14.3 Å². The second kappa shape index (κ2) is 2.76. The Morgan fingerprint density at radius 1 is 1.82 bits per heavy atom. The number of hydrogen-bond acceptors (Lipinski definition) is 4. The monoisotopic (exact) mass is 176 g/mol. The molecule has 60 valence electrons. The maximum Gasteiger partial charge on any atom is 0.341 e. The first-order valence-corrected chi connectivity index (χ1v) is 3.68. The predicted octanol–water partition coefficient (Wildman–Crippen LogP) is -0.701. The third-order valence-corrected chi connectivity index (χ3v) is 1.51. The third kappa shape index (κ3) is 1.59. The SMILES string of the molecule is NS(=O)c1ncc([N+](=O)[O-])[nH]1. The second-order valence-corrected chi connectivity index (χ2v) is 2.61. The van der Waals surface area contributed by atoms with Gasteiger partial charge in [0.1, 0.15) is 6.20 Å². The highest BCUT2D eigenvalue weighted by molar-refractivity contribution is 7.82. The summed E-state index contributed by atoms with van der Waals surface area (Å²) in [4.78, 5) is 14.9. The van der Waals surface area contributed by atoms with Gasteiger partial charge in [0.05, 0.1) is 0 Å². The molecule has 0 fully saturated rings. The van der Waals surface area contributed by atoms with Crippen molar-refractivity contribution < 1.29 is 9.13 Å². The lowest BCUT2D eigenvalue weighted by Gasteiger charge is -1.84. The van der Waals surface area contributed by atoms with E-state index in [0.717, 1.165) is 6.20 Å². The summed E-state index contributed by atoms with van der Waals surface area (Å²) < 4.78 is 10.5. The van der Waals surface area contributed by atoms with Crippen molar-refractivity contribution in [3.63, 3.8) is 0 Å². The highest BCUT2D eigenvalue weighted by atomic mass is 32.2. The fourth-order valence-corrected chi connectivity index (χ4v) is 0.851. The molecule has 3 N–H and O–H groups in total. The van der Waals surface area contributed by atoms with Crippen LogP contribution in [0.4, 0.5) is 5.82 Å². The van der Waals surface area contributed by atoms with Crippen LogP contribution in [0.2, 0.25) is 0 Å². The summed E-state index contributed by atoms with van der Waals surface area (Å²) in [6.45, 7) is 0. The van der Waals surface area contributed by atoms with Gasteiger partial charge in [-0.1, -0.05) is 0 Å². The minimum Gasteiger partial charge on any atom is -0.358 e. The number of H-pyrrole nitrogens is 1. The van der Waals surface area contributed by atoms with E-state index < -0.39 is 15.9 Å². The highest BCUT2D eigenvalue weighted by Crippen LogP contribution is 2.06. The van der Waals surface area contributed by atoms with E-state index in [0.29, 0.717) is 0 Å². The van der Waals surface area contributed by atoms with Gasteiger partial charge < -0.3 is 10.1 Å². The standard InChI is InChI=1S/C3H4N4O3S/c4-11(10)3-5-1-2(6-3)7(8)9/h1H,4H2,(H,5,6). The van der Waals surface area contributed by atoms with Gasteiger partial charge in [-0.3, -0.25) is 0 Å². The molecule has 0 saturated heterocycles. The number of imidazole rings is 1.